The average Bonchev–Trinajstić information content (AvgIpc) is 2.97. The average molecular weight is 555 g/mol. The Morgan fingerprint density at radius 2 is 1.47 bits per heavy atom. The van der Waals surface area contributed by atoms with Gasteiger partial charge in [0, 0.05) is 9.65 Å². The molecular formula is C22H19Br2ClN2O3. The van der Waals surface area contributed by atoms with E-state index in [1.165, 1.54) is 5.01 Å². The Labute approximate surface area is 196 Å². The fourth-order valence-electron chi connectivity index (χ4n) is 4.08. The number of carbonyl (C=O) groups excluding carboxylic acids is 3. The molecule has 0 unspecified atom stereocenters. The predicted octanol–water partition coefficient (Wildman–Crippen LogP) is 4.82. The van der Waals surface area contributed by atoms with E-state index in [1.54, 1.807) is 24.3 Å². The van der Waals surface area contributed by atoms with Crippen LogP contribution in [0.5, 0.6) is 0 Å². The van der Waals surface area contributed by atoms with E-state index in [-0.39, 0.29) is 38.6 Å². The highest BCUT2D eigenvalue weighted by molar-refractivity contribution is 9.12. The van der Waals surface area contributed by atoms with E-state index >= 15 is 0 Å². The zero-order chi connectivity index (χ0) is 21.4. The van der Waals surface area contributed by atoms with Crippen molar-refractivity contribution in [3.05, 3.63) is 70.7 Å². The fourth-order valence-corrected chi connectivity index (χ4v) is 5.53. The van der Waals surface area contributed by atoms with Gasteiger partial charge in [-0.3, -0.25) is 14.4 Å². The monoisotopic (exact) mass is 552 g/mol. The fraction of sp³-hybridized carbons (Fsp3) is 0.318. The van der Waals surface area contributed by atoms with Gasteiger partial charge in [-0.05, 0) is 30.5 Å². The summed E-state index contributed by atoms with van der Waals surface area (Å²) < 4.78 is 0. The van der Waals surface area contributed by atoms with Gasteiger partial charge in [0.1, 0.15) is 0 Å². The van der Waals surface area contributed by atoms with Crippen molar-refractivity contribution in [3.63, 3.8) is 0 Å². The van der Waals surface area contributed by atoms with Crippen molar-refractivity contribution in [2.24, 2.45) is 11.8 Å². The minimum atomic E-state index is -0.476. The number of benzene rings is 2. The molecule has 2 fully saturated rings. The van der Waals surface area contributed by atoms with Crippen LogP contribution in [0.3, 0.4) is 0 Å². The van der Waals surface area contributed by atoms with Crippen molar-refractivity contribution < 1.29 is 14.4 Å². The van der Waals surface area contributed by atoms with Gasteiger partial charge in [0.2, 0.25) is 0 Å². The van der Waals surface area contributed by atoms with Gasteiger partial charge in [0.25, 0.3) is 17.7 Å². The molecule has 156 valence electrons. The predicted molar refractivity (Wildman–Crippen MR) is 121 cm³/mol. The van der Waals surface area contributed by atoms with Gasteiger partial charge in [0.05, 0.1) is 29.0 Å². The Balaban J connectivity index is 1.72. The highest BCUT2D eigenvalue weighted by Crippen LogP contribution is 2.44. The first kappa shape index (κ1) is 21.5. The minimum absolute atomic E-state index is 0.0945. The van der Waals surface area contributed by atoms with E-state index in [2.05, 4.69) is 31.9 Å². The van der Waals surface area contributed by atoms with Gasteiger partial charge in [-0.1, -0.05) is 85.9 Å². The second-order valence-electron chi connectivity index (χ2n) is 7.53. The van der Waals surface area contributed by atoms with Crippen LogP contribution in [0, 0.1) is 11.8 Å². The number of rotatable bonds is 4. The van der Waals surface area contributed by atoms with Crippen LogP contribution in [0.2, 0.25) is 5.02 Å². The first-order chi connectivity index (χ1) is 14.4. The molecule has 4 rings (SSSR count). The van der Waals surface area contributed by atoms with Crippen LogP contribution in [-0.4, -0.2) is 37.4 Å². The Morgan fingerprint density at radius 1 is 0.933 bits per heavy atom. The van der Waals surface area contributed by atoms with Crippen molar-refractivity contribution in [2.75, 3.05) is 0 Å². The van der Waals surface area contributed by atoms with E-state index < -0.39 is 17.7 Å². The van der Waals surface area contributed by atoms with Crippen molar-refractivity contribution >= 4 is 61.2 Å². The summed E-state index contributed by atoms with van der Waals surface area (Å²) in [4.78, 5) is 40.2. The Morgan fingerprint density at radius 3 is 2.03 bits per heavy atom. The lowest BCUT2D eigenvalue weighted by Crippen LogP contribution is -2.49. The summed E-state index contributed by atoms with van der Waals surface area (Å²) >= 11 is 13.5. The molecular weight excluding hydrogens is 536 g/mol. The van der Waals surface area contributed by atoms with E-state index in [0.717, 1.165) is 10.6 Å². The topological polar surface area (TPSA) is 57.7 Å². The van der Waals surface area contributed by atoms with Crippen molar-refractivity contribution in [1.29, 1.82) is 0 Å². The minimum Gasteiger partial charge on any atom is -0.272 e. The summed E-state index contributed by atoms with van der Waals surface area (Å²) in [5.74, 6) is -2.01. The van der Waals surface area contributed by atoms with Crippen molar-refractivity contribution in [3.8, 4) is 0 Å². The third kappa shape index (κ3) is 3.95. The largest absolute Gasteiger partial charge is 0.274 e. The normalized spacial score (nSPS) is 25.9. The SMILES string of the molecule is O=C(c1ccccc1Cl)N(Cc1ccccc1)N1C(=O)[C@H]2C[C@@H](Br)[C@@H](Br)C[C@H]2C1=O. The Hall–Kier alpha value is -1.70. The van der Waals surface area contributed by atoms with Gasteiger partial charge in [-0.15, -0.1) is 0 Å². The number of hydrazine groups is 1. The molecule has 1 aliphatic carbocycles. The maximum atomic E-state index is 13.5. The number of amides is 3. The van der Waals surface area contributed by atoms with Gasteiger partial charge in [-0.25, -0.2) is 5.01 Å². The molecule has 30 heavy (non-hydrogen) atoms. The van der Waals surface area contributed by atoms with Crippen molar-refractivity contribution in [2.45, 2.75) is 29.0 Å². The zero-order valence-electron chi connectivity index (χ0n) is 15.9. The molecule has 1 saturated heterocycles. The molecule has 2 aromatic rings. The number of halogens is 3. The standard InChI is InChI=1S/C22H19Br2ClN2O3/c23-17-10-15-16(11-18(17)24)22(30)27(21(15)29)26(12-13-6-2-1-3-7-13)20(28)14-8-4-5-9-19(14)25/h1-9,15-18H,10-12H2/t15-,16+,17+,18-. The molecule has 8 heteroatoms. The number of alkyl halides is 2. The maximum absolute atomic E-state index is 13.5. The highest BCUT2D eigenvalue weighted by Gasteiger charge is 2.54. The number of hydrogen-bond acceptors (Lipinski definition) is 3. The number of fused-ring (bicyclic) bond motifs is 1. The van der Waals surface area contributed by atoms with Crippen LogP contribution < -0.4 is 0 Å². The van der Waals surface area contributed by atoms with Crippen LogP contribution in [-0.2, 0) is 16.1 Å². The van der Waals surface area contributed by atoms with E-state index in [9.17, 15) is 14.4 Å². The van der Waals surface area contributed by atoms with Crippen molar-refractivity contribution in [1.82, 2.24) is 10.0 Å². The van der Waals surface area contributed by atoms with Gasteiger partial charge in [-0.2, -0.15) is 5.01 Å². The Kier molecular flexibility index (Phi) is 6.32. The summed E-state index contributed by atoms with van der Waals surface area (Å²) in [7, 11) is 0. The summed E-state index contributed by atoms with van der Waals surface area (Å²) in [5.41, 5.74) is 1.06. The summed E-state index contributed by atoms with van der Waals surface area (Å²) in [6, 6.07) is 15.9. The zero-order valence-corrected chi connectivity index (χ0v) is 19.8. The van der Waals surface area contributed by atoms with Gasteiger partial charge >= 0.3 is 0 Å². The summed E-state index contributed by atoms with van der Waals surface area (Å²) in [5, 5.41) is 2.57. The van der Waals surface area contributed by atoms with Crippen LogP contribution >= 0.6 is 43.5 Å². The lowest BCUT2D eigenvalue weighted by molar-refractivity contribution is -0.155. The lowest BCUT2D eigenvalue weighted by atomic mass is 9.81. The van der Waals surface area contributed by atoms with Crippen LogP contribution in [0.25, 0.3) is 0 Å². The molecule has 2 aromatic carbocycles. The van der Waals surface area contributed by atoms with Crippen LogP contribution in [0.1, 0.15) is 28.8 Å². The quantitative estimate of drug-likeness (QED) is 0.402. The number of imide groups is 1. The molecule has 0 bridgehead atoms. The summed E-state index contributed by atoms with van der Waals surface area (Å²) in [6.45, 7) is 0.0945. The summed E-state index contributed by atoms with van der Waals surface area (Å²) in [6.07, 6.45) is 1.09. The molecule has 0 N–H and O–H groups in total. The molecule has 0 spiro atoms. The molecule has 1 aliphatic heterocycles. The first-order valence-electron chi connectivity index (χ1n) is 9.64. The van der Waals surface area contributed by atoms with Crippen LogP contribution in [0.4, 0.5) is 0 Å². The van der Waals surface area contributed by atoms with Crippen LogP contribution in [0.15, 0.2) is 54.6 Å². The lowest BCUT2D eigenvalue weighted by Gasteiger charge is -2.31. The van der Waals surface area contributed by atoms with E-state index in [0.29, 0.717) is 12.8 Å². The maximum Gasteiger partial charge on any atom is 0.274 e. The van der Waals surface area contributed by atoms with E-state index in [1.807, 2.05) is 30.3 Å². The second kappa shape index (κ2) is 8.81. The van der Waals surface area contributed by atoms with Gasteiger partial charge < -0.3 is 0 Å². The number of carbonyl (C=O) groups is 3. The highest BCUT2D eigenvalue weighted by atomic mass is 79.9. The molecule has 1 saturated carbocycles. The first-order valence-corrected chi connectivity index (χ1v) is 11.9. The second-order valence-corrected chi connectivity index (χ2v) is 10.3. The third-order valence-electron chi connectivity index (χ3n) is 5.64. The molecule has 2 aliphatic rings. The molecule has 1 heterocycles. The molecule has 3 amide bonds. The molecule has 0 radical (unpaired) electrons. The molecule has 4 atom stereocenters. The van der Waals surface area contributed by atoms with Gasteiger partial charge in [0.15, 0.2) is 0 Å². The smallest absolute Gasteiger partial charge is 0.272 e. The van der Waals surface area contributed by atoms with E-state index in [4.69, 9.17) is 11.6 Å². The molecule has 0 aromatic heterocycles. The number of nitrogens with zero attached hydrogens (tertiary/aromatic N) is 2. The molecule has 5 nitrogen and oxygen atoms in total. The third-order valence-corrected chi connectivity index (χ3v) is 8.71. The number of hydrogen-bond donors (Lipinski definition) is 0. The Bertz CT molecular complexity index is 959.